The van der Waals surface area contributed by atoms with Crippen molar-refractivity contribution in [3.8, 4) is 17.6 Å². The largest absolute Gasteiger partial charge is 0.478 e. The van der Waals surface area contributed by atoms with Gasteiger partial charge in [-0.25, -0.2) is 14.2 Å². The summed E-state index contributed by atoms with van der Waals surface area (Å²) >= 11 is 0. The van der Waals surface area contributed by atoms with E-state index in [9.17, 15) is 14.3 Å². The summed E-state index contributed by atoms with van der Waals surface area (Å²) in [4.78, 5) is 18.9. The minimum absolute atomic E-state index is 0.112. The van der Waals surface area contributed by atoms with Crippen molar-refractivity contribution in [2.45, 2.75) is 57.1 Å². The predicted molar refractivity (Wildman–Crippen MR) is 154 cm³/mol. The van der Waals surface area contributed by atoms with Gasteiger partial charge >= 0.3 is 5.97 Å². The van der Waals surface area contributed by atoms with Crippen molar-refractivity contribution in [1.29, 1.82) is 5.26 Å². The van der Waals surface area contributed by atoms with Crippen LogP contribution in [0.15, 0.2) is 54.6 Å². The van der Waals surface area contributed by atoms with Gasteiger partial charge in [-0.15, -0.1) is 0 Å². The maximum Gasteiger partial charge on any atom is 0.335 e. The molecule has 9 nitrogen and oxygen atoms in total. The Kier molecular flexibility index (Phi) is 6.79. The number of likely N-dealkylation sites (tertiary alicyclic amines) is 1. The number of hydrogen-bond donors (Lipinski definition) is 1. The quantitative estimate of drug-likeness (QED) is 0.302. The molecule has 10 heteroatoms. The Morgan fingerprint density at radius 1 is 1.14 bits per heavy atom. The molecule has 1 unspecified atom stereocenters. The molecule has 0 amide bonds. The monoisotopic (exact) mass is 582 g/mol. The van der Waals surface area contributed by atoms with Gasteiger partial charge in [-0.2, -0.15) is 5.26 Å². The average molecular weight is 583 g/mol. The number of carboxylic acids is 1. The SMILES string of the molecule is CC1(c2ccc(C#N)cc2F)Oc2cccc(C3CCN(Cc4nc5ccc(C(=O)O)cc5n4C[C@@H]4CCO4)CC3)c2O1. The Labute approximate surface area is 248 Å². The first-order chi connectivity index (χ1) is 20.8. The number of aromatic carboxylic acids is 1. The fraction of sp³-hybridized carbons (Fsp3) is 0.364. The Hall–Kier alpha value is -4.46. The van der Waals surface area contributed by atoms with Crippen LogP contribution in [0.3, 0.4) is 0 Å². The molecular formula is C33H31FN4O5. The van der Waals surface area contributed by atoms with Gasteiger partial charge < -0.3 is 23.9 Å². The van der Waals surface area contributed by atoms with Crippen LogP contribution in [0.25, 0.3) is 11.0 Å². The first-order valence-electron chi connectivity index (χ1n) is 14.6. The smallest absolute Gasteiger partial charge is 0.335 e. The molecule has 2 fully saturated rings. The lowest BCUT2D eigenvalue weighted by Gasteiger charge is -2.33. The van der Waals surface area contributed by atoms with Crippen LogP contribution in [-0.4, -0.2) is 51.3 Å². The molecule has 3 aliphatic rings. The molecule has 1 aromatic heterocycles. The minimum Gasteiger partial charge on any atom is -0.478 e. The second-order valence-electron chi connectivity index (χ2n) is 11.6. The Balaban J connectivity index is 1.08. The molecule has 0 aliphatic carbocycles. The van der Waals surface area contributed by atoms with E-state index >= 15 is 0 Å². The fourth-order valence-electron chi connectivity index (χ4n) is 6.40. The number of rotatable bonds is 7. The van der Waals surface area contributed by atoms with E-state index < -0.39 is 17.6 Å². The molecule has 3 aliphatic heterocycles. The van der Waals surface area contributed by atoms with Crippen molar-refractivity contribution in [3.05, 3.63) is 88.5 Å². The van der Waals surface area contributed by atoms with Crippen molar-refractivity contribution in [2.75, 3.05) is 19.7 Å². The molecule has 2 atom stereocenters. The second kappa shape index (κ2) is 10.7. The highest BCUT2D eigenvalue weighted by Gasteiger charge is 2.43. The molecule has 2 saturated heterocycles. The Morgan fingerprint density at radius 2 is 1.95 bits per heavy atom. The summed E-state index contributed by atoms with van der Waals surface area (Å²) in [6.45, 7) is 5.45. The van der Waals surface area contributed by atoms with Crippen molar-refractivity contribution in [3.63, 3.8) is 0 Å². The topological polar surface area (TPSA) is 110 Å². The number of fused-ring (bicyclic) bond motifs is 2. The van der Waals surface area contributed by atoms with Gasteiger partial charge in [0.15, 0.2) is 11.5 Å². The van der Waals surface area contributed by atoms with E-state index in [2.05, 4.69) is 15.5 Å². The normalized spacial score (nSPS) is 21.9. The highest BCUT2D eigenvalue weighted by molar-refractivity contribution is 5.92. The van der Waals surface area contributed by atoms with Crippen LogP contribution in [0.5, 0.6) is 11.5 Å². The average Bonchev–Trinajstić information content (AvgIpc) is 3.51. The summed E-state index contributed by atoms with van der Waals surface area (Å²) < 4.78 is 35.3. The lowest BCUT2D eigenvalue weighted by molar-refractivity contribution is -0.0712. The third-order valence-corrected chi connectivity index (χ3v) is 8.84. The summed E-state index contributed by atoms with van der Waals surface area (Å²) in [7, 11) is 0. The van der Waals surface area contributed by atoms with Gasteiger partial charge in [-0.3, -0.25) is 4.90 Å². The standard InChI is InChI=1S/C33H31FN4O5/c1-33(25-7-5-20(17-35)15-26(25)34)42-29-4-2-3-24(31(29)43-33)21-9-12-37(13-10-21)19-30-36-27-8-6-22(32(39)40)16-28(27)38(30)18-23-11-14-41-23/h2-8,15-16,21,23H,9-14,18-19H2,1H3,(H,39,40)/t23-,33?/m0/s1. The minimum atomic E-state index is -1.33. The Morgan fingerprint density at radius 3 is 2.65 bits per heavy atom. The van der Waals surface area contributed by atoms with Crippen molar-refractivity contribution in [1.82, 2.24) is 14.5 Å². The van der Waals surface area contributed by atoms with Gasteiger partial charge in [0.05, 0.1) is 53.0 Å². The molecule has 4 aromatic rings. The van der Waals surface area contributed by atoms with E-state index in [4.69, 9.17) is 24.5 Å². The van der Waals surface area contributed by atoms with Crippen molar-refractivity contribution < 1.29 is 28.5 Å². The number of halogens is 1. The Bertz CT molecular complexity index is 1770. The molecule has 0 spiro atoms. The number of nitrogens with zero attached hydrogens (tertiary/aromatic N) is 4. The maximum absolute atomic E-state index is 14.9. The molecular weight excluding hydrogens is 551 g/mol. The summed E-state index contributed by atoms with van der Waals surface area (Å²) in [5.74, 6) is -0.462. The van der Waals surface area contributed by atoms with Crippen LogP contribution < -0.4 is 9.47 Å². The number of imidazole rings is 1. The molecule has 4 heterocycles. The zero-order valence-corrected chi connectivity index (χ0v) is 23.8. The van der Waals surface area contributed by atoms with Gasteiger partial charge in [0, 0.05) is 19.1 Å². The fourth-order valence-corrected chi connectivity index (χ4v) is 6.40. The molecule has 1 N–H and O–H groups in total. The lowest BCUT2D eigenvalue weighted by atomic mass is 9.88. The highest BCUT2D eigenvalue weighted by Crippen LogP contribution is 2.49. The van der Waals surface area contributed by atoms with Gasteiger partial charge in [0.1, 0.15) is 11.6 Å². The van der Waals surface area contributed by atoms with Gasteiger partial charge in [-0.1, -0.05) is 12.1 Å². The van der Waals surface area contributed by atoms with E-state index in [0.29, 0.717) is 24.6 Å². The van der Waals surface area contributed by atoms with Crippen molar-refractivity contribution >= 4 is 17.0 Å². The molecule has 43 heavy (non-hydrogen) atoms. The third-order valence-electron chi connectivity index (χ3n) is 8.84. The number of carboxylic acid groups (broad SMARTS) is 1. The molecule has 0 bridgehead atoms. The maximum atomic E-state index is 14.9. The predicted octanol–water partition coefficient (Wildman–Crippen LogP) is 5.56. The number of aromatic nitrogens is 2. The molecule has 220 valence electrons. The van der Waals surface area contributed by atoms with Gasteiger partial charge in [0.25, 0.3) is 5.79 Å². The lowest BCUT2D eigenvalue weighted by Crippen LogP contribution is -2.35. The second-order valence-corrected chi connectivity index (χ2v) is 11.6. The summed E-state index contributed by atoms with van der Waals surface area (Å²) in [6.07, 6.45) is 2.89. The first kappa shape index (κ1) is 27.4. The van der Waals surface area contributed by atoms with E-state index in [1.165, 1.54) is 6.07 Å². The summed E-state index contributed by atoms with van der Waals surface area (Å²) in [5.41, 5.74) is 3.38. The number of hydrogen-bond acceptors (Lipinski definition) is 7. The van der Waals surface area contributed by atoms with E-state index in [1.807, 2.05) is 18.2 Å². The third kappa shape index (κ3) is 4.98. The van der Waals surface area contributed by atoms with Crippen LogP contribution >= 0.6 is 0 Å². The molecule has 0 radical (unpaired) electrons. The van der Waals surface area contributed by atoms with Crippen LogP contribution in [0.4, 0.5) is 4.39 Å². The van der Waals surface area contributed by atoms with Crippen LogP contribution in [-0.2, 0) is 23.6 Å². The number of ether oxygens (including phenoxy) is 3. The van der Waals surface area contributed by atoms with E-state index in [1.54, 1.807) is 37.3 Å². The summed E-state index contributed by atoms with van der Waals surface area (Å²) in [6, 6.07) is 17.2. The molecule has 7 rings (SSSR count). The van der Waals surface area contributed by atoms with E-state index in [-0.39, 0.29) is 28.7 Å². The van der Waals surface area contributed by atoms with Crippen LogP contribution in [0, 0.1) is 17.1 Å². The molecule has 3 aromatic carbocycles. The number of piperidine rings is 1. The number of para-hydroxylation sites is 1. The van der Waals surface area contributed by atoms with E-state index in [0.717, 1.165) is 61.4 Å². The zero-order valence-electron chi connectivity index (χ0n) is 23.8. The highest BCUT2D eigenvalue weighted by atomic mass is 19.1. The first-order valence-corrected chi connectivity index (χ1v) is 14.6. The number of nitriles is 1. The number of benzene rings is 3. The van der Waals surface area contributed by atoms with Crippen LogP contribution in [0.1, 0.15) is 65.0 Å². The van der Waals surface area contributed by atoms with Crippen molar-refractivity contribution in [2.24, 2.45) is 0 Å². The zero-order chi connectivity index (χ0) is 29.7. The number of carbonyl (C=O) groups is 1. The van der Waals surface area contributed by atoms with Gasteiger partial charge in [0.2, 0.25) is 0 Å². The van der Waals surface area contributed by atoms with Gasteiger partial charge in [-0.05, 0) is 80.7 Å². The molecule has 0 saturated carbocycles. The summed E-state index contributed by atoms with van der Waals surface area (Å²) in [5, 5.41) is 18.6. The van der Waals surface area contributed by atoms with Crippen LogP contribution in [0.2, 0.25) is 0 Å².